The summed E-state index contributed by atoms with van der Waals surface area (Å²) in [6.45, 7) is 0. The van der Waals surface area contributed by atoms with Crippen LogP contribution < -0.4 is 0 Å². The van der Waals surface area contributed by atoms with Crippen LogP contribution in [0, 0.1) is 0 Å². The first kappa shape index (κ1) is 22.5. The smallest absolute Gasteiger partial charge is 0.336 e. The highest BCUT2D eigenvalue weighted by atomic mass is 16.4. The number of hydrogen-bond acceptors (Lipinski definition) is 1. The molecule has 1 N–H and O–H groups in total. The molecular formula is C35H24O2. The van der Waals surface area contributed by atoms with Gasteiger partial charge in [-0.3, -0.25) is 0 Å². The summed E-state index contributed by atoms with van der Waals surface area (Å²) in [4.78, 5) is 11.9. The molecule has 0 aliphatic rings. The van der Waals surface area contributed by atoms with Crippen molar-refractivity contribution < 1.29 is 9.90 Å². The number of carboxylic acid groups (broad SMARTS) is 1. The summed E-state index contributed by atoms with van der Waals surface area (Å²) in [5.41, 5.74) is 8.80. The maximum Gasteiger partial charge on any atom is 0.336 e. The second kappa shape index (κ2) is 9.60. The van der Waals surface area contributed by atoms with E-state index in [4.69, 9.17) is 0 Å². The van der Waals surface area contributed by atoms with E-state index >= 15 is 0 Å². The maximum absolute atomic E-state index is 11.9. The minimum absolute atomic E-state index is 0.301. The van der Waals surface area contributed by atoms with Gasteiger partial charge in [-0.2, -0.15) is 0 Å². The molecule has 2 nitrogen and oxygen atoms in total. The standard InChI is InChI=1S/C35H24O2/c36-35(37)33-14-8-7-13-29(33)28-19-20-32-30(26-11-5-2-6-12-26)21-22-31(34(32)23-28)27-17-15-25(16-18-27)24-9-3-1-4-10-24/h1-23H,(H,36,37). The summed E-state index contributed by atoms with van der Waals surface area (Å²) in [5, 5.41) is 12.0. The van der Waals surface area contributed by atoms with Gasteiger partial charge in [-0.25, -0.2) is 4.79 Å². The molecule has 0 saturated heterocycles. The fourth-order valence-corrected chi connectivity index (χ4v) is 5.03. The second-order valence-electron chi connectivity index (χ2n) is 9.08. The Morgan fingerprint density at radius 3 is 1.57 bits per heavy atom. The first-order chi connectivity index (χ1) is 18.2. The Balaban J connectivity index is 1.55. The molecule has 176 valence electrons. The Hall–Kier alpha value is -4.95. The number of aromatic carboxylic acids is 1. The highest BCUT2D eigenvalue weighted by molar-refractivity contribution is 6.07. The quantitative estimate of drug-likeness (QED) is 0.269. The van der Waals surface area contributed by atoms with E-state index in [1.165, 1.54) is 11.1 Å². The summed E-state index contributed by atoms with van der Waals surface area (Å²) >= 11 is 0. The average molecular weight is 477 g/mol. The monoisotopic (exact) mass is 476 g/mol. The maximum atomic E-state index is 11.9. The molecule has 2 heteroatoms. The third kappa shape index (κ3) is 4.30. The lowest BCUT2D eigenvalue weighted by Gasteiger charge is -2.15. The van der Waals surface area contributed by atoms with Crippen LogP contribution in [0.3, 0.4) is 0 Å². The minimum atomic E-state index is -0.926. The van der Waals surface area contributed by atoms with Crippen molar-refractivity contribution in [2.45, 2.75) is 0 Å². The molecule has 0 unspecified atom stereocenters. The van der Waals surface area contributed by atoms with Gasteiger partial charge in [-0.05, 0) is 67.4 Å². The van der Waals surface area contributed by atoms with Crippen molar-refractivity contribution in [3.8, 4) is 44.5 Å². The van der Waals surface area contributed by atoms with Crippen LogP contribution in [-0.4, -0.2) is 11.1 Å². The van der Waals surface area contributed by atoms with E-state index < -0.39 is 5.97 Å². The molecule has 0 atom stereocenters. The lowest BCUT2D eigenvalue weighted by molar-refractivity contribution is 0.0697. The van der Waals surface area contributed by atoms with Crippen LogP contribution in [0.4, 0.5) is 0 Å². The second-order valence-corrected chi connectivity index (χ2v) is 9.08. The van der Waals surface area contributed by atoms with E-state index in [1.54, 1.807) is 12.1 Å². The molecule has 0 aliphatic carbocycles. The Labute approximate surface area is 216 Å². The van der Waals surface area contributed by atoms with Crippen molar-refractivity contribution in [2.75, 3.05) is 0 Å². The summed E-state index contributed by atoms with van der Waals surface area (Å²) in [6, 6.07) is 47.2. The molecule has 0 bridgehead atoms. The normalized spacial score (nSPS) is 10.9. The topological polar surface area (TPSA) is 37.3 Å². The van der Waals surface area contributed by atoms with Crippen molar-refractivity contribution in [1.82, 2.24) is 0 Å². The predicted octanol–water partition coefficient (Wildman–Crippen LogP) is 9.21. The number of fused-ring (bicyclic) bond motifs is 1. The predicted molar refractivity (Wildman–Crippen MR) is 153 cm³/mol. The van der Waals surface area contributed by atoms with Crippen LogP contribution in [0.25, 0.3) is 55.3 Å². The SMILES string of the molecule is O=C(O)c1ccccc1-c1ccc2c(-c3ccccc3)ccc(-c3ccc(-c4ccccc4)cc3)c2c1. The number of carbonyl (C=O) groups is 1. The minimum Gasteiger partial charge on any atom is -0.478 e. The van der Waals surface area contributed by atoms with Crippen molar-refractivity contribution in [3.63, 3.8) is 0 Å². The number of hydrogen-bond donors (Lipinski definition) is 1. The molecule has 0 radical (unpaired) electrons. The van der Waals surface area contributed by atoms with E-state index in [-0.39, 0.29) is 0 Å². The molecule has 0 saturated carbocycles. The Kier molecular flexibility index (Phi) is 5.84. The number of benzene rings is 6. The van der Waals surface area contributed by atoms with Gasteiger partial charge in [0, 0.05) is 0 Å². The summed E-state index contributed by atoms with van der Waals surface area (Å²) in [6.07, 6.45) is 0. The van der Waals surface area contributed by atoms with Crippen LogP contribution in [0.1, 0.15) is 10.4 Å². The van der Waals surface area contributed by atoms with Gasteiger partial charge < -0.3 is 5.11 Å². The highest BCUT2D eigenvalue weighted by Gasteiger charge is 2.15. The van der Waals surface area contributed by atoms with Gasteiger partial charge in [0.1, 0.15) is 0 Å². The van der Waals surface area contributed by atoms with Gasteiger partial charge in [0.2, 0.25) is 0 Å². The number of rotatable bonds is 5. The molecule has 0 aromatic heterocycles. The molecule has 37 heavy (non-hydrogen) atoms. The van der Waals surface area contributed by atoms with Gasteiger partial charge in [0.15, 0.2) is 0 Å². The van der Waals surface area contributed by atoms with E-state index in [9.17, 15) is 9.90 Å². The van der Waals surface area contributed by atoms with E-state index in [0.29, 0.717) is 11.1 Å². The fourth-order valence-electron chi connectivity index (χ4n) is 5.03. The lowest BCUT2D eigenvalue weighted by atomic mass is 9.89. The molecule has 0 heterocycles. The molecule has 6 aromatic rings. The summed E-state index contributed by atoms with van der Waals surface area (Å²) in [7, 11) is 0. The van der Waals surface area contributed by atoms with Gasteiger partial charge >= 0.3 is 5.97 Å². The first-order valence-electron chi connectivity index (χ1n) is 12.3. The van der Waals surface area contributed by atoms with E-state index in [0.717, 1.165) is 38.6 Å². The molecule has 6 rings (SSSR count). The third-order valence-electron chi connectivity index (χ3n) is 6.87. The summed E-state index contributed by atoms with van der Waals surface area (Å²) in [5.74, 6) is -0.926. The summed E-state index contributed by atoms with van der Waals surface area (Å²) < 4.78 is 0. The zero-order valence-corrected chi connectivity index (χ0v) is 20.1. The average Bonchev–Trinajstić information content (AvgIpc) is 2.97. The van der Waals surface area contributed by atoms with Crippen LogP contribution in [0.5, 0.6) is 0 Å². The van der Waals surface area contributed by atoms with Crippen molar-refractivity contribution in [1.29, 1.82) is 0 Å². The van der Waals surface area contributed by atoms with Gasteiger partial charge in [-0.1, -0.05) is 127 Å². The molecule has 0 fully saturated rings. The lowest BCUT2D eigenvalue weighted by Crippen LogP contribution is -1.99. The van der Waals surface area contributed by atoms with E-state index in [2.05, 4.69) is 97.1 Å². The molecule has 0 aliphatic heterocycles. The fraction of sp³-hybridized carbons (Fsp3) is 0. The van der Waals surface area contributed by atoms with Crippen LogP contribution in [-0.2, 0) is 0 Å². The Bertz CT molecular complexity index is 1720. The van der Waals surface area contributed by atoms with Crippen molar-refractivity contribution in [3.05, 3.63) is 145 Å². The Morgan fingerprint density at radius 2 is 0.892 bits per heavy atom. The van der Waals surface area contributed by atoms with Crippen LogP contribution in [0.15, 0.2) is 140 Å². The molecular weight excluding hydrogens is 452 g/mol. The van der Waals surface area contributed by atoms with Crippen molar-refractivity contribution >= 4 is 16.7 Å². The Morgan fingerprint density at radius 1 is 0.405 bits per heavy atom. The molecule has 0 amide bonds. The van der Waals surface area contributed by atoms with Gasteiger partial charge in [0.25, 0.3) is 0 Å². The zero-order chi connectivity index (χ0) is 25.2. The van der Waals surface area contributed by atoms with Crippen molar-refractivity contribution in [2.24, 2.45) is 0 Å². The largest absolute Gasteiger partial charge is 0.478 e. The highest BCUT2D eigenvalue weighted by Crippen LogP contribution is 2.39. The molecule has 0 spiro atoms. The first-order valence-corrected chi connectivity index (χ1v) is 12.3. The van der Waals surface area contributed by atoms with Crippen LogP contribution in [0.2, 0.25) is 0 Å². The zero-order valence-electron chi connectivity index (χ0n) is 20.1. The van der Waals surface area contributed by atoms with Gasteiger partial charge in [0.05, 0.1) is 5.56 Å². The number of carboxylic acids is 1. The third-order valence-corrected chi connectivity index (χ3v) is 6.87. The van der Waals surface area contributed by atoms with Crippen LogP contribution >= 0.6 is 0 Å². The van der Waals surface area contributed by atoms with Gasteiger partial charge in [-0.15, -0.1) is 0 Å². The van der Waals surface area contributed by atoms with E-state index in [1.807, 2.05) is 30.3 Å². The molecule has 6 aromatic carbocycles.